The maximum absolute atomic E-state index is 5.73. The monoisotopic (exact) mass is 173 g/mol. The molecule has 0 aliphatic heterocycles. The van der Waals surface area contributed by atoms with Crippen LogP contribution < -0.4 is 5.73 Å². The highest BCUT2D eigenvalue weighted by Gasteiger charge is 2.25. The lowest BCUT2D eigenvalue weighted by Crippen LogP contribution is -1.95. The molecule has 1 aromatic carbocycles. The van der Waals surface area contributed by atoms with E-state index in [1.807, 2.05) is 24.4 Å². The summed E-state index contributed by atoms with van der Waals surface area (Å²) in [6.07, 6.45) is 4.42. The van der Waals surface area contributed by atoms with Gasteiger partial charge in [0, 0.05) is 11.1 Å². The van der Waals surface area contributed by atoms with E-state index < -0.39 is 0 Å². The lowest BCUT2D eigenvalue weighted by Gasteiger charge is -2.00. The number of aromatic nitrogens is 2. The fourth-order valence-electron chi connectivity index (χ4n) is 1.66. The van der Waals surface area contributed by atoms with Gasteiger partial charge in [-0.3, -0.25) is 4.68 Å². The second kappa shape index (κ2) is 2.25. The van der Waals surface area contributed by atoms with Crippen molar-refractivity contribution >= 4 is 16.6 Å². The van der Waals surface area contributed by atoms with Gasteiger partial charge in [0.1, 0.15) is 0 Å². The van der Waals surface area contributed by atoms with Crippen LogP contribution in [0.2, 0.25) is 0 Å². The molecule has 1 aromatic heterocycles. The van der Waals surface area contributed by atoms with E-state index >= 15 is 0 Å². The lowest BCUT2D eigenvalue weighted by atomic mass is 10.2. The van der Waals surface area contributed by atoms with Gasteiger partial charge in [0.05, 0.1) is 17.8 Å². The van der Waals surface area contributed by atoms with Crippen LogP contribution >= 0.6 is 0 Å². The van der Waals surface area contributed by atoms with E-state index in [2.05, 4.69) is 9.78 Å². The van der Waals surface area contributed by atoms with Crippen LogP contribution in [0, 0.1) is 0 Å². The third-order valence-electron chi connectivity index (χ3n) is 2.52. The van der Waals surface area contributed by atoms with Gasteiger partial charge < -0.3 is 5.73 Å². The van der Waals surface area contributed by atoms with Gasteiger partial charge >= 0.3 is 0 Å². The minimum absolute atomic E-state index is 0.624. The van der Waals surface area contributed by atoms with Crippen molar-refractivity contribution in [2.24, 2.45) is 0 Å². The third-order valence-corrected chi connectivity index (χ3v) is 2.52. The summed E-state index contributed by atoms with van der Waals surface area (Å²) in [6.45, 7) is 0. The molecule has 1 saturated carbocycles. The topological polar surface area (TPSA) is 43.8 Å². The molecule has 1 aliphatic rings. The van der Waals surface area contributed by atoms with Crippen LogP contribution in [0.15, 0.2) is 24.4 Å². The summed E-state index contributed by atoms with van der Waals surface area (Å²) in [5, 5.41) is 5.54. The molecule has 66 valence electrons. The van der Waals surface area contributed by atoms with E-state index in [1.54, 1.807) is 0 Å². The average Bonchev–Trinajstić information content (AvgIpc) is 2.87. The normalized spacial score (nSPS) is 16.6. The maximum Gasteiger partial charge on any atom is 0.0706 e. The molecule has 1 aliphatic carbocycles. The number of anilines is 1. The van der Waals surface area contributed by atoms with E-state index in [1.165, 1.54) is 23.7 Å². The number of hydrogen-bond donors (Lipinski definition) is 1. The first-order valence-corrected chi connectivity index (χ1v) is 4.57. The summed E-state index contributed by atoms with van der Waals surface area (Å²) < 4.78 is 2.09. The predicted molar refractivity (Wildman–Crippen MR) is 52.4 cm³/mol. The Hall–Kier alpha value is -1.51. The van der Waals surface area contributed by atoms with Crippen molar-refractivity contribution in [1.82, 2.24) is 9.78 Å². The molecule has 13 heavy (non-hydrogen) atoms. The van der Waals surface area contributed by atoms with Crippen LogP contribution in [0.3, 0.4) is 0 Å². The Bertz CT molecular complexity index is 454. The number of nitrogens with two attached hydrogens (primary N) is 1. The summed E-state index contributed by atoms with van der Waals surface area (Å²) in [5.74, 6) is 0. The van der Waals surface area contributed by atoms with Crippen LogP contribution in [-0.2, 0) is 0 Å². The summed E-state index contributed by atoms with van der Waals surface area (Å²) in [5.41, 5.74) is 7.72. The van der Waals surface area contributed by atoms with Crippen LogP contribution in [-0.4, -0.2) is 9.78 Å². The number of hydrogen-bond acceptors (Lipinski definition) is 2. The molecule has 0 radical (unpaired) electrons. The van der Waals surface area contributed by atoms with E-state index in [0.29, 0.717) is 6.04 Å². The molecule has 0 atom stereocenters. The average molecular weight is 173 g/mol. The van der Waals surface area contributed by atoms with Gasteiger partial charge in [0.25, 0.3) is 0 Å². The molecule has 3 nitrogen and oxygen atoms in total. The standard InChI is InChI=1S/C10H11N3/c11-8-2-1-7-6-12-13(9-3-4-9)10(7)5-8/h1-2,5-6,9H,3-4,11H2. The molecular formula is C10H11N3. The number of nitrogens with zero attached hydrogens (tertiary/aromatic N) is 2. The SMILES string of the molecule is Nc1ccc2cnn(C3CC3)c2c1. The van der Waals surface area contributed by atoms with Crippen LogP contribution in [0.1, 0.15) is 18.9 Å². The smallest absolute Gasteiger partial charge is 0.0706 e. The fourth-order valence-corrected chi connectivity index (χ4v) is 1.66. The zero-order chi connectivity index (χ0) is 8.84. The van der Waals surface area contributed by atoms with E-state index in [-0.39, 0.29) is 0 Å². The van der Waals surface area contributed by atoms with Crippen LogP contribution in [0.5, 0.6) is 0 Å². The second-order valence-corrected chi connectivity index (χ2v) is 3.64. The Morgan fingerprint density at radius 2 is 2.23 bits per heavy atom. The summed E-state index contributed by atoms with van der Waals surface area (Å²) >= 11 is 0. The second-order valence-electron chi connectivity index (χ2n) is 3.64. The van der Waals surface area contributed by atoms with Gasteiger partial charge in [-0.05, 0) is 31.0 Å². The molecule has 3 rings (SSSR count). The molecular weight excluding hydrogens is 162 g/mol. The maximum atomic E-state index is 5.73. The van der Waals surface area contributed by atoms with Crippen LogP contribution in [0.4, 0.5) is 5.69 Å². The summed E-state index contributed by atoms with van der Waals surface area (Å²) in [6, 6.07) is 6.57. The van der Waals surface area contributed by atoms with Crippen LogP contribution in [0.25, 0.3) is 10.9 Å². The van der Waals surface area contributed by atoms with E-state index in [9.17, 15) is 0 Å². The van der Waals surface area contributed by atoms with E-state index in [4.69, 9.17) is 5.73 Å². The highest BCUT2D eigenvalue weighted by atomic mass is 15.3. The van der Waals surface area contributed by atoms with E-state index in [0.717, 1.165) is 5.69 Å². The Kier molecular flexibility index (Phi) is 1.20. The number of rotatable bonds is 1. The predicted octanol–water partition coefficient (Wildman–Crippen LogP) is 1.95. The molecule has 0 spiro atoms. The molecule has 2 N–H and O–H groups in total. The number of fused-ring (bicyclic) bond motifs is 1. The largest absolute Gasteiger partial charge is 0.399 e. The van der Waals surface area contributed by atoms with Gasteiger partial charge in [-0.15, -0.1) is 0 Å². The van der Waals surface area contributed by atoms with Gasteiger partial charge in [0.15, 0.2) is 0 Å². The van der Waals surface area contributed by atoms with Gasteiger partial charge in [-0.1, -0.05) is 0 Å². The van der Waals surface area contributed by atoms with Gasteiger partial charge in [-0.25, -0.2) is 0 Å². The fraction of sp³-hybridized carbons (Fsp3) is 0.300. The molecule has 0 bridgehead atoms. The van der Waals surface area contributed by atoms with Crippen molar-refractivity contribution in [2.45, 2.75) is 18.9 Å². The Morgan fingerprint density at radius 1 is 1.38 bits per heavy atom. The third kappa shape index (κ3) is 1.00. The number of nitrogen functional groups attached to an aromatic ring is 1. The van der Waals surface area contributed by atoms with Crippen molar-refractivity contribution in [3.8, 4) is 0 Å². The summed E-state index contributed by atoms with van der Waals surface area (Å²) in [7, 11) is 0. The van der Waals surface area contributed by atoms with Crippen molar-refractivity contribution in [1.29, 1.82) is 0 Å². The highest BCUT2D eigenvalue weighted by Crippen LogP contribution is 2.36. The van der Waals surface area contributed by atoms with Crippen molar-refractivity contribution in [3.63, 3.8) is 0 Å². The molecule has 0 saturated heterocycles. The van der Waals surface area contributed by atoms with Crippen molar-refractivity contribution in [3.05, 3.63) is 24.4 Å². The first-order chi connectivity index (χ1) is 6.34. The zero-order valence-corrected chi connectivity index (χ0v) is 7.27. The summed E-state index contributed by atoms with van der Waals surface area (Å²) in [4.78, 5) is 0. The first-order valence-electron chi connectivity index (χ1n) is 4.57. The van der Waals surface area contributed by atoms with Crippen molar-refractivity contribution < 1.29 is 0 Å². The minimum atomic E-state index is 0.624. The lowest BCUT2D eigenvalue weighted by molar-refractivity contribution is 0.665. The first kappa shape index (κ1) is 6.95. The minimum Gasteiger partial charge on any atom is -0.399 e. The molecule has 1 fully saturated rings. The quantitative estimate of drug-likeness (QED) is 0.670. The molecule has 2 aromatic rings. The Balaban J connectivity index is 2.29. The van der Waals surface area contributed by atoms with Gasteiger partial charge in [0.2, 0.25) is 0 Å². The molecule has 3 heteroatoms. The van der Waals surface area contributed by atoms with Gasteiger partial charge in [-0.2, -0.15) is 5.10 Å². The van der Waals surface area contributed by atoms with Crippen molar-refractivity contribution in [2.75, 3.05) is 5.73 Å². The highest BCUT2D eigenvalue weighted by molar-refractivity contribution is 5.82. The molecule has 0 unspecified atom stereocenters. The molecule has 1 heterocycles. The Morgan fingerprint density at radius 3 is 3.00 bits per heavy atom. The Labute approximate surface area is 76.1 Å². The zero-order valence-electron chi connectivity index (χ0n) is 7.27. The molecule has 0 amide bonds. The number of benzene rings is 1.